The number of nitrogens with one attached hydrogen (secondary N) is 1. The highest BCUT2D eigenvalue weighted by Crippen LogP contribution is 2.26. The highest BCUT2D eigenvalue weighted by atomic mass is 19.1. The molecule has 1 N–H and O–H groups in total. The van der Waals surface area contributed by atoms with E-state index in [4.69, 9.17) is 0 Å². The van der Waals surface area contributed by atoms with Gasteiger partial charge in [-0.25, -0.2) is 14.4 Å². The van der Waals surface area contributed by atoms with E-state index in [1.54, 1.807) is 6.07 Å². The highest BCUT2D eigenvalue weighted by molar-refractivity contribution is 5.68. The summed E-state index contributed by atoms with van der Waals surface area (Å²) in [5.41, 5.74) is 2.51. The van der Waals surface area contributed by atoms with Crippen LogP contribution in [0.25, 0.3) is 11.3 Å². The van der Waals surface area contributed by atoms with Crippen molar-refractivity contribution in [2.75, 3.05) is 11.9 Å². The van der Waals surface area contributed by atoms with Gasteiger partial charge in [-0.2, -0.15) is 0 Å². The minimum Gasteiger partial charge on any atom is -0.370 e. The Morgan fingerprint density at radius 2 is 2.00 bits per heavy atom. The van der Waals surface area contributed by atoms with Crippen molar-refractivity contribution in [2.24, 2.45) is 0 Å². The number of rotatable bonds is 4. The third-order valence-electron chi connectivity index (χ3n) is 2.90. The van der Waals surface area contributed by atoms with Crippen LogP contribution in [0, 0.1) is 19.7 Å². The molecule has 4 heteroatoms. The first-order valence-corrected chi connectivity index (χ1v) is 6.47. The second-order valence-electron chi connectivity index (χ2n) is 4.53. The zero-order valence-electron chi connectivity index (χ0n) is 11.5. The zero-order valence-corrected chi connectivity index (χ0v) is 11.5. The van der Waals surface area contributed by atoms with Gasteiger partial charge < -0.3 is 5.32 Å². The first kappa shape index (κ1) is 13.5. The average molecular weight is 259 g/mol. The lowest BCUT2D eigenvalue weighted by Gasteiger charge is -2.12. The molecule has 0 bridgehead atoms. The van der Waals surface area contributed by atoms with Gasteiger partial charge in [0.2, 0.25) is 0 Å². The lowest BCUT2D eigenvalue weighted by Crippen LogP contribution is -2.07. The van der Waals surface area contributed by atoms with Crippen LogP contribution in [0.5, 0.6) is 0 Å². The van der Waals surface area contributed by atoms with Crippen LogP contribution in [0.2, 0.25) is 0 Å². The quantitative estimate of drug-likeness (QED) is 0.909. The van der Waals surface area contributed by atoms with Crippen LogP contribution in [0.1, 0.15) is 24.7 Å². The maximum Gasteiger partial charge on any atom is 0.133 e. The Hall–Kier alpha value is -1.97. The lowest BCUT2D eigenvalue weighted by atomic mass is 10.1. The van der Waals surface area contributed by atoms with Crippen LogP contribution in [0.4, 0.5) is 10.2 Å². The van der Waals surface area contributed by atoms with Gasteiger partial charge in [0.1, 0.15) is 17.5 Å². The van der Waals surface area contributed by atoms with Crippen molar-refractivity contribution in [3.63, 3.8) is 0 Å². The molecule has 0 atom stereocenters. The van der Waals surface area contributed by atoms with E-state index in [2.05, 4.69) is 22.2 Å². The van der Waals surface area contributed by atoms with Crippen molar-refractivity contribution in [1.82, 2.24) is 9.97 Å². The van der Waals surface area contributed by atoms with Crippen molar-refractivity contribution in [3.8, 4) is 11.3 Å². The number of aromatic nitrogens is 2. The predicted octanol–water partition coefficient (Wildman–Crippen LogP) is 3.72. The molecule has 1 aromatic carbocycles. The molecule has 2 rings (SSSR count). The average Bonchev–Trinajstić information content (AvgIpc) is 2.39. The van der Waals surface area contributed by atoms with Gasteiger partial charge in [-0.3, -0.25) is 0 Å². The third-order valence-corrected chi connectivity index (χ3v) is 2.90. The fourth-order valence-electron chi connectivity index (χ4n) is 1.96. The molecule has 0 spiro atoms. The largest absolute Gasteiger partial charge is 0.370 e. The molecule has 0 amide bonds. The second kappa shape index (κ2) is 5.78. The maximum atomic E-state index is 13.3. The summed E-state index contributed by atoms with van der Waals surface area (Å²) < 4.78 is 13.3. The Morgan fingerprint density at radius 1 is 1.21 bits per heavy atom. The molecule has 0 saturated carbocycles. The number of benzene rings is 1. The van der Waals surface area contributed by atoms with E-state index in [0.717, 1.165) is 35.6 Å². The zero-order chi connectivity index (χ0) is 13.8. The van der Waals surface area contributed by atoms with E-state index in [1.165, 1.54) is 12.1 Å². The Kier molecular flexibility index (Phi) is 4.10. The highest BCUT2D eigenvalue weighted by Gasteiger charge is 2.11. The summed E-state index contributed by atoms with van der Waals surface area (Å²) in [4.78, 5) is 8.84. The second-order valence-corrected chi connectivity index (χ2v) is 4.53. The van der Waals surface area contributed by atoms with Crippen LogP contribution >= 0.6 is 0 Å². The van der Waals surface area contributed by atoms with Gasteiger partial charge in [0.05, 0.1) is 5.69 Å². The predicted molar refractivity (Wildman–Crippen MR) is 75.7 cm³/mol. The molecule has 100 valence electrons. The fourth-order valence-corrected chi connectivity index (χ4v) is 1.96. The van der Waals surface area contributed by atoms with Crippen LogP contribution in [0.15, 0.2) is 24.3 Å². The van der Waals surface area contributed by atoms with Crippen LogP contribution < -0.4 is 5.32 Å². The Labute approximate surface area is 112 Å². The minimum absolute atomic E-state index is 0.253. The summed E-state index contributed by atoms with van der Waals surface area (Å²) in [5.74, 6) is 1.26. The summed E-state index contributed by atoms with van der Waals surface area (Å²) in [6.07, 6.45) is 1.03. The molecule has 0 saturated heterocycles. The minimum atomic E-state index is -0.253. The number of anilines is 1. The monoisotopic (exact) mass is 259 g/mol. The SMILES string of the molecule is CCCNc1nc(C)nc(-c2cccc(F)c2)c1C. The molecule has 2 aromatic rings. The van der Waals surface area contributed by atoms with Gasteiger partial charge >= 0.3 is 0 Å². The molecule has 3 nitrogen and oxygen atoms in total. The molecule has 0 aliphatic rings. The first-order chi connectivity index (χ1) is 9.11. The van der Waals surface area contributed by atoms with Gasteiger partial charge in [-0.15, -0.1) is 0 Å². The number of aryl methyl sites for hydroxylation is 1. The summed E-state index contributed by atoms with van der Waals surface area (Å²) in [5, 5.41) is 3.28. The normalized spacial score (nSPS) is 10.5. The molecule has 19 heavy (non-hydrogen) atoms. The molecule has 0 aliphatic carbocycles. The summed E-state index contributed by atoms with van der Waals surface area (Å²) in [6.45, 7) is 6.76. The van der Waals surface area contributed by atoms with E-state index >= 15 is 0 Å². The van der Waals surface area contributed by atoms with Crippen molar-refractivity contribution >= 4 is 5.82 Å². The van der Waals surface area contributed by atoms with E-state index in [1.807, 2.05) is 19.9 Å². The van der Waals surface area contributed by atoms with Gasteiger partial charge in [0.25, 0.3) is 0 Å². The molecule has 1 heterocycles. The summed E-state index contributed by atoms with van der Waals surface area (Å²) >= 11 is 0. The van der Waals surface area contributed by atoms with Gasteiger partial charge in [0.15, 0.2) is 0 Å². The van der Waals surface area contributed by atoms with E-state index in [0.29, 0.717) is 5.82 Å². The summed E-state index contributed by atoms with van der Waals surface area (Å²) in [6, 6.07) is 6.49. The van der Waals surface area contributed by atoms with Gasteiger partial charge in [0, 0.05) is 17.7 Å². The van der Waals surface area contributed by atoms with Crippen molar-refractivity contribution in [3.05, 3.63) is 41.5 Å². The number of nitrogens with zero attached hydrogens (tertiary/aromatic N) is 2. The maximum absolute atomic E-state index is 13.3. The molecule has 0 fully saturated rings. The van der Waals surface area contributed by atoms with Gasteiger partial charge in [-0.1, -0.05) is 19.1 Å². The van der Waals surface area contributed by atoms with E-state index < -0.39 is 0 Å². The third kappa shape index (κ3) is 3.08. The smallest absolute Gasteiger partial charge is 0.133 e. The number of hydrogen-bond donors (Lipinski definition) is 1. The van der Waals surface area contributed by atoms with E-state index in [-0.39, 0.29) is 5.82 Å². The first-order valence-electron chi connectivity index (χ1n) is 6.47. The Balaban J connectivity index is 2.48. The lowest BCUT2D eigenvalue weighted by molar-refractivity contribution is 0.628. The Morgan fingerprint density at radius 3 is 2.68 bits per heavy atom. The molecule has 1 aromatic heterocycles. The molecule has 0 unspecified atom stereocenters. The number of hydrogen-bond acceptors (Lipinski definition) is 3. The van der Waals surface area contributed by atoms with E-state index in [9.17, 15) is 4.39 Å². The Bertz CT molecular complexity index is 582. The summed E-state index contributed by atoms with van der Waals surface area (Å²) in [7, 11) is 0. The van der Waals surface area contributed by atoms with Gasteiger partial charge in [-0.05, 0) is 32.4 Å². The fraction of sp³-hybridized carbons (Fsp3) is 0.333. The molecule has 0 aliphatic heterocycles. The molecular formula is C15H18FN3. The number of halogens is 1. The standard InChI is InChI=1S/C15H18FN3/c1-4-8-17-15-10(2)14(18-11(3)19-15)12-6-5-7-13(16)9-12/h5-7,9H,4,8H2,1-3H3,(H,17,18,19). The van der Waals surface area contributed by atoms with Crippen LogP contribution in [-0.4, -0.2) is 16.5 Å². The van der Waals surface area contributed by atoms with Crippen LogP contribution in [-0.2, 0) is 0 Å². The van der Waals surface area contributed by atoms with Crippen molar-refractivity contribution in [2.45, 2.75) is 27.2 Å². The molecular weight excluding hydrogens is 241 g/mol. The van der Waals surface area contributed by atoms with Crippen molar-refractivity contribution in [1.29, 1.82) is 0 Å². The topological polar surface area (TPSA) is 37.8 Å². The van der Waals surface area contributed by atoms with Crippen LogP contribution in [0.3, 0.4) is 0 Å². The van der Waals surface area contributed by atoms with Crippen molar-refractivity contribution < 1.29 is 4.39 Å². The molecule has 0 radical (unpaired) electrons.